The third-order valence-corrected chi connectivity index (χ3v) is 6.35. The van der Waals surface area contributed by atoms with Crippen molar-refractivity contribution in [2.24, 2.45) is 0 Å². The van der Waals surface area contributed by atoms with Gasteiger partial charge in [0.25, 0.3) is 10.0 Å². The summed E-state index contributed by atoms with van der Waals surface area (Å²) in [5.41, 5.74) is 1.48. The maximum atomic E-state index is 12.6. The monoisotopic (exact) mass is 463 g/mol. The topological polar surface area (TPSA) is 64.6 Å². The third-order valence-electron chi connectivity index (χ3n) is 3.15. The molecule has 5 nitrogen and oxygen atoms in total. The van der Waals surface area contributed by atoms with Crippen molar-refractivity contribution in [2.45, 2.75) is 11.8 Å². The van der Waals surface area contributed by atoms with E-state index in [9.17, 15) is 8.42 Å². The molecule has 0 amide bonds. The number of halogens is 2. The van der Waals surface area contributed by atoms with Crippen LogP contribution in [0.2, 0.25) is 0 Å². The average molecular weight is 465 g/mol. The van der Waals surface area contributed by atoms with Crippen LogP contribution in [-0.4, -0.2) is 22.6 Å². The Morgan fingerprint density at radius 1 is 0.957 bits per heavy atom. The number of hydrogen-bond donors (Lipinski definition) is 1. The lowest BCUT2D eigenvalue weighted by atomic mass is 10.2. The van der Waals surface area contributed by atoms with Gasteiger partial charge < -0.3 is 9.47 Å². The van der Waals surface area contributed by atoms with E-state index in [4.69, 9.17) is 9.47 Å². The predicted molar refractivity (Wildman–Crippen MR) is 96.9 cm³/mol. The second-order valence-electron chi connectivity index (χ2n) is 4.71. The highest BCUT2D eigenvalue weighted by Gasteiger charge is 2.21. The van der Waals surface area contributed by atoms with Crippen molar-refractivity contribution in [3.63, 3.8) is 0 Å². The maximum Gasteiger partial charge on any atom is 0.263 e. The molecule has 0 saturated carbocycles. The molecule has 0 fully saturated rings. The van der Waals surface area contributed by atoms with Gasteiger partial charge in [0.05, 0.1) is 14.2 Å². The highest BCUT2D eigenvalue weighted by Crippen LogP contribution is 2.36. The molecular weight excluding hydrogens is 450 g/mol. The maximum absolute atomic E-state index is 12.6. The first-order valence-corrected chi connectivity index (χ1v) is 9.56. The summed E-state index contributed by atoms with van der Waals surface area (Å²) in [7, 11) is -0.847. The van der Waals surface area contributed by atoms with Crippen LogP contribution in [0, 0.1) is 6.92 Å². The van der Waals surface area contributed by atoms with Gasteiger partial charge >= 0.3 is 0 Å². The van der Waals surface area contributed by atoms with Crippen LogP contribution >= 0.6 is 31.9 Å². The summed E-state index contributed by atoms with van der Waals surface area (Å²) >= 11 is 6.65. The number of sulfonamides is 1. The smallest absolute Gasteiger partial charge is 0.263 e. The first-order chi connectivity index (χ1) is 10.8. The molecule has 0 saturated heterocycles. The lowest BCUT2D eigenvalue weighted by molar-refractivity contribution is 0.353. The van der Waals surface area contributed by atoms with Gasteiger partial charge in [-0.1, -0.05) is 22.0 Å². The lowest BCUT2D eigenvalue weighted by Gasteiger charge is -2.14. The zero-order chi connectivity index (χ0) is 17.2. The minimum atomic E-state index is -3.78. The van der Waals surface area contributed by atoms with E-state index in [1.165, 1.54) is 20.3 Å². The molecule has 2 rings (SSSR count). The highest BCUT2D eigenvalue weighted by atomic mass is 79.9. The summed E-state index contributed by atoms with van der Waals surface area (Å²) in [6.07, 6.45) is 0. The normalized spacial score (nSPS) is 11.2. The fraction of sp³-hybridized carbons (Fsp3) is 0.200. The van der Waals surface area contributed by atoms with E-state index in [0.717, 1.165) is 10.0 Å². The standard InChI is InChI=1S/C15H15Br2NO4S/c1-9-4-5-10(6-11(9)16)18-23(19,20)15-8-14(22-3)13(21-2)7-12(15)17/h4-8,18H,1-3H3. The predicted octanol–water partition coefficient (Wildman–Crippen LogP) is 4.34. The molecule has 0 radical (unpaired) electrons. The van der Waals surface area contributed by atoms with E-state index < -0.39 is 10.0 Å². The van der Waals surface area contributed by atoms with Gasteiger partial charge in [0, 0.05) is 20.7 Å². The molecule has 8 heteroatoms. The Bertz CT molecular complexity index is 838. The second-order valence-corrected chi connectivity index (χ2v) is 8.07. The Balaban J connectivity index is 2.45. The van der Waals surface area contributed by atoms with E-state index in [2.05, 4.69) is 36.6 Å². The Morgan fingerprint density at radius 2 is 1.57 bits per heavy atom. The molecule has 0 aromatic heterocycles. The number of benzene rings is 2. The van der Waals surface area contributed by atoms with E-state index in [1.807, 2.05) is 13.0 Å². The van der Waals surface area contributed by atoms with Gasteiger partial charge in [-0.05, 0) is 46.6 Å². The van der Waals surface area contributed by atoms with Crippen molar-refractivity contribution in [1.82, 2.24) is 0 Å². The zero-order valence-corrected chi connectivity index (χ0v) is 16.7. The number of rotatable bonds is 5. The summed E-state index contributed by atoms with van der Waals surface area (Å²) < 4.78 is 39.3. The fourth-order valence-electron chi connectivity index (χ4n) is 1.91. The van der Waals surface area contributed by atoms with Gasteiger partial charge in [0.2, 0.25) is 0 Å². The highest BCUT2D eigenvalue weighted by molar-refractivity contribution is 9.10. The summed E-state index contributed by atoms with van der Waals surface area (Å²) in [5.74, 6) is 0.776. The Morgan fingerprint density at radius 3 is 2.13 bits per heavy atom. The Hall–Kier alpha value is -1.25. The van der Waals surface area contributed by atoms with Crippen molar-refractivity contribution in [2.75, 3.05) is 18.9 Å². The number of nitrogens with one attached hydrogen (secondary N) is 1. The lowest BCUT2D eigenvalue weighted by Crippen LogP contribution is -2.14. The molecule has 0 aliphatic rings. The molecular formula is C15H15Br2NO4S. The van der Waals surface area contributed by atoms with Gasteiger partial charge in [0.1, 0.15) is 4.90 Å². The summed E-state index contributed by atoms with van der Waals surface area (Å²) in [6.45, 7) is 1.92. The van der Waals surface area contributed by atoms with Gasteiger partial charge in [0.15, 0.2) is 11.5 Å². The minimum Gasteiger partial charge on any atom is -0.493 e. The molecule has 1 N–H and O–H groups in total. The number of methoxy groups -OCH3 is 2. The number of anilines is 1. The molecule has 124 valence electrons. The molecule has 0 aliphatic heterocycles. The minimum absolute atomic E-state index is 0.0619. The molecule has 2 aromatic rings. The van der Waals surface area contributed by atoms with Crippen molar-refractivity contribution in [3.8, 4) is 11.5 Å². The second kappa shape index (κ2) is 7.11. The quantitative estimate of drug-likeness (QED) is 0.714. The van der Waals surface area contributed by atoms with Crippen LogP contribution in [0.15, 0.2) is 44.2 Å². The molecule has 0 atom stereocenters. The van der Waals surface area contributed by atoms with Crippen LogP contribution in [0.3, 0.4) is 0 Å². The molecule has 0 aliphatic carbocycles. The van der Waals surface area contributed by atoms with Crippen molar-refractivity contribution in [3.05, 3.63) is 44.8 Å². The first-order valence-electron chi connectivity index (χ1n) is 6.49. The number of hydrogen-bond acceptors (Lipinski definition) is 4. The Kier molecular flexibility index (Phi) is 5.59. The zero-order valence-electron chi connectivity index (χ0n) is 12.7. The van der Waals surface area contributed by atoms with E-state index in [-0.39, 0.29) is 4.90 Å². The van der Waals surface area contributed by atoms with Gasteiger partial charge in [-0.15, -0.1) is 0 Å². The van der Waals surface area contributed by atoms with Crippen LogP contribution in [0.25, 0.3) is 0 Å². The molecule has 0 bridgehead atoms. The Labute approximate surface area is 152 Å². The summed E-state index contributed by atoms with van der Waals surface area (Å²) in [6, 6.07) is 8.20. The van der Waals surface area contributed by atoms with Gasteiger partial charge in [-0.25, -0.2) is 8.42 Å². The summed E-state index contributed by atoms with van der Waals surface area (Å²) in [5, 5.41) is 0. The molecule has 23 heavy (non-hydrogen) atoms. The number of aryl methyl sites for hydroxylation is 1. The van der Waals surface area contributed by atoms with Gasteiger partial charge in [-0.2, -0.15) is 0 Å². The van der Waals surface area contributed by atoms with Crippen molar-refractivity contribution in [1.29, 1.82) is 0 Å². The fourth-order valence-corrected chi connectivity index (χ4v) is 4.37. The van der Waals surface area contributed by atoms with Crippen LogP contribution < -0.4 is 14.2 Å². The van der Waals surface area contributed by atoms with Crippen molar-refractivity contribution >= 4 is 47.6 Å². The van der Waals surface area contributed by atoms with Gasteiger partial charge in [-0.3, -0.25) is 4.72 Å². The van der Waals surface area contributed by atoms with Crippen LogP contribution in [-0.2, 0) is 10.0 Å². The van der Waals surface area contributed by atoms with Crippen LogP contribution in [0.4, 0.5) is 5.69 Å². The van der Waals surface area contributed by atoms with E-state index >= 15 is 0 Å². The first kappa shape index (κ1) is 18.1. The molecule has 0 heterocycles. The molecule has 0 unspecified atom stereocenters. The SMILES string of the molecule is COc1cc(Br)c(S(=O)(=O)Nc2ccc(C)c(Br)c2)cc1OC. The molecule has 0 spiro atoms. The van der Waals surface area contributed by atoms with E-state index in [0.29, 0.717) is 21.7 Å². The largest absolute Gasteiger partial charge is 0.493 e. The van der Waals surface area contributed by atoms with E-state index in [1.54, 1.807) is 18.2 Å². The van der Waals surface area contributed by atoms with Crippen LogP contribution in [0.1, 0.15) is 5.56 Å². The van der Waals surface area contributed by atoms with Crippen LogP contribution in [0.5, 0.6) is 11.5 Å². The van der Waals surface area contributed by atoms with Crippen molar-refractivity contribution < 1.29 is 17.9 Å². The average Bonchev–Trinajstić information content (AvgIpc) is 2.50. The number of ether oxygens (including phenoxy) is 2. The third kappa shape index (κ3) is 3.99. The summed E-state index contributed by atoms with van der Waals surface area (Å²) in [4.78, 5) is 0.0619. The molecule has 2 aromatic carbocycles.